The summed E-state index contributed by atoms with van der Waals surface area (Å²) in [7, 11) is 0. The number of nitrogens with two attached hydrogens (primary N) is 1. The van der Waals surface area contributed by atoms with Crippen molar-refractivity contribution < 1.29 is 17.6 Å². The highest BCUT2D eigenvalue weighted by atomic mass is 19.4. The summed E-state index contributed by atoms with van der Waals surface area (Å²) >= 11 is 0. The first kappa shape index (κ1) is 13.7. The minimum Gasteiger partial charge on any atom is -0.466 e. The molecule has 2 aromatic rings. The molecule has 0 saturated carbocycles. The summed E-state index contributed by atoms with van der Waals surface area (Å²) < 4.78 is 44.2. The van der Waals surface area contributed by atoms with Crippen molar-refractivity contribution >= 4 is 0 Å². The van der Waals surface area contributed by atoms with E-state index in [1.807, 2.05) is 0 Å². The normalized spacial score (nSPS) is 13.6. The van der Waals surface area contributed by atoms with Gasteiger partial charge >= 0.3 is 6.18 Å². The Morgan fingerprint density at radius 3 is 2.26 bits per heavy atom. The molecule has 1 atom stereocenters. The van der Waals surface area contributed by atoms with Gasteiger partial charge in [0, 0.05) is 5.56 Å². The third-order valence-electron chi connectivity index (χ3n) is 3.02. The zero-order valence-electron chi connectivity index (χ0n) is 10.6. The maximum atomic E-state index is 13.0. The molecule has 102 valence electrons. The number of furan rings is 1. The zero-order chi connectivity index (χ0) is 14.2. The Morgan fingerprint density at radius 2 is 1.74 bits per heavy atom. The van der Waals surface area contributed by atoms with Crippen LogP contribution in [0, 0.1) is 13.8 Å². The summed E-state index contributed by atoms with van der Waals surface area (Å²) in [6.45, 7) is 3.43. The average Bonchev–Trinajstić information content (AvgIpc) is 2.66. The van der Waals surface area contributed by atoms with Crippen LogP contribution in [0.3, 0.4) is 0 Å². The van der Waals surface area contributed by atoms with Crippen molar-refractivity contribution in [1.29, 1.82) is 0 Å². The fourth-order valence-corrected chi connectivity index (χ4v) is 2.15. The van der Waals surface area contributed by atoms with Gasteiger partial charge in [-0.1, -0.05) is 18.2 Å². The third-order valence-corrected chi connectivity index (χ3v) is 3.02. The molecular formula is C14H14F3NO. The molecule has 5 heteroatoms. The number of benzene rings is 1. The van der Waals surface area contributed by atoms with Gasteiger partial charge in [-0.15, -0.1) is 0 Å². The van der Waals surface area contributed by atoms with Crippen molar-refractivity contribution in [3.63, 3.8) is 0 Å². The van der Waals surface area contributed by atoms with E-state index in [2.05, 4.69) is 0 Å². The number of rotatable bonds is 2. The maximum absolute atomic E-state index is 13.0. The molecule has 19 heavy (non-hydrogen) atoms. The largest absolute Gasteiger partial charge is 0.466 e. The zero-order valence-corrected chi connectivity index (χ0v) is 10.6. The highest BCUT2D eigenvalue weighted by Gasteiger charge is 2.35. The van der Waals surface area contributed by atoms with E-state index >= 15 is 0 Å². The summed E-state index contributed by atoms with van der Waals surface area (Å²) in [5, 5.41) is 0. The van der Waals surface area contributed by atoms with Gasteiger partial charge in [-0.2, -0.15) is 13.2 Å². The molecule has 0 fully saturated rings. The highest BCUT2D eigenvalue weighted by Crippen LogP contribution is 2.36. The van der Waals surface area contributed by atoms with Gasteiger partial charge in [-0.3, -0.25) is 0 Å². The van der Waals surface area contributed by atoms with E-state index in [-0.39, 0.29) is 5.56 Å². The van der Waals surface area contributed by atoms with Crippen LogP contribution in [0.4, 0.5) is 13.2 Å². The van der Waals surface area contributed by atoms with Crippen LogP contribution in [0.2, 0.25) is 0 Å². The second-order valence-corrected chi connectivity index (χ2v) is 4.43. The minimum atomic E-state index is -4.42. The standard InChI is InChI=1S/C14H14F3NO/c1-8-7-11(9(2)19-8)13(18)10-5-3-4-6-12(10)14(15,16)17/h3-7,13H,18H2,1-2H3. The molecule has 0 aliphatic heterocycles. The Hall–Kier alpha value is -1.75. The lowest BCUT2D eigenvalue weighted by Gasteiger charge is -2.17. The first-order chi connectivity index (χ1) is 8.80. The van der Waals surface area contributed by atoms with E-state index in [4.69, 9.17) is 10.2 Å². The molecule has 2 rings (SSSR count). The fourth-order valence-electron chi connectivity index (χ4n) is 2.15. The molecule has 1 unspecified atom stereocenters. The Bertz CT molecular complexity index is 587. The molecule has 2 nitrogen and oxygen atoms in total. The van der Waals surface area contributed by atoms with Gasteiger partial charge in [0.25, 0.3) is 0 Å². The molecule has 0 aliphatic rings. The van der Waals surface area contributed by atoms with Crippen molar-refractivity contribution in [1.82, 2.24) is 0 Å². The van der Waals surface area contributed by atoms with E-state index in [9.17, 15) is 13.2 Å². The summed E-state index contributed by atoms with van der Waals surface area (Å²) in [5.74, 6) is 1.18. The maximum Gasteiger partial charge on any atom is 0.416 e. The fraction of sp³-hybridized carbons (Fsp3) is 0.286. The molecule has 0 spiro atoms. The van der Waals surface area contributed by atoms with E-state index in [1.54, 1.807) is 26.0 Å². The molecule has 0 amide bonds. The molecule has 0 aliphatic carbocycles. The first-order valence-electron chi connectivity index (χ1n) is 5.79. The molecule has 0 radical (unpaired) electrons. The third kappa shape index (κ3) is 2.66. The van der Waals surface area contributed by atoms with Gasteiger partial charge in [0.1, 0.15) is 11.5 Å². The van der Waals surface area contributed by atoms with Crippen molar-refractivity contribution in [2.24, 2.45) is 5.73 Å². The van der Waals surface area contributed by atoms with E-state index in [0.29, 0.717) is 17.1 Å². The van der Waals surface area contributed by atoms with Crippen LogP contribution in [-0.4, -0.2) is 0 Å². The van der Waals surface area contributed by atoms with E-state index < -0.39 is 17.8 Å². The smallest absolute Gasteiger partial charge is 0.416 e. The molecule has 1 aromatic carbocycles. The molecule has 2 N–H and O–H groups in total. The van der Waals surface area contributed by atoms with E-state index in [1.165, 1.54) is 12.1 Å². The Balaban J connectivity index is 2.50. The van der Waals surface area contributed by atoms with Crippen LogP contribution in [-0.2, 0) is 6.18 Å². The number of halogens is 3. The lowest BCUT2D eigenvalue weighted by atomic mass is 9.95. The molecule has 0 saturated heterocycles. The second-order valence-electron chi connectivity index (χ2n) is 4.43. The predicted molar refractivity (Wildman–Crippen MR) is 65.7 cm³/mol. The summed E-state index contributed by atoms with van der Waals surface area (Å²) in [4.78, 5) is 0. The monoisotopic (exact) mass is 269 g/mol. The summed E-state index contributed by atoms with van der Waals surface area (Å²) in [5.41, 5.74) is 5.89. The Morgan fingerprint density at radius 1 is 1.11 bits per heavy atom. The van der Waals surface area contributed by atoms with Gasteiger partial charge in [0.15, 0.2) is 0 Å². The van der Waals surface area contributed by atoms with Crippen LogP contribution < -0.4 is 5.73 Å². The van der Waals surface area contributed by atoms with Crippen LogP contribution in [0.1, 0.15) is 34.3 Å². The van der Waals surface area contributed by atoms with Gasteiger partial charge in [0.2, 0.25) is 0 Å². The number of hydrogen-bond donors (Lipinski definition) is 1. The van der Waals surface area contributed by atoms with Gasteiger partial charge < -0.3 is 10.2 Å². The van der Waals surface area contributed by atoms with Gasteiger partial charge in [-0.25, -0.2) is 0 Å². The topological polar surface area (TPSA) is 39.2 Å². The van der Waals surface area contributed by atoms with E-state index in [0.717, 1.165) is 6.07 Å². The molecular weight excluding hydrogens is 255 g/mol. The number of alkyl halides is 3. The summed E-state index contributed by atoms with van der Waals surface area (Å²) in [6.07, 6.45) is -4.42. The Kier molecular flexibility index (Phi) is 3.41. The molecule has 1 aromatic heterocycles. The SMILES string of the molecule is Cc1cc(C(N)c2ccccc2C(F)(F)F)c(C)o1. The van der Waals surface area contributed by atoms with Crippen molar-refractivity contribution in [2.75, 3.05) is 0 Å². The minimum absolute atomic E-state index is 0.0545. The van der Waals surface area contributed by atoms with Crippen molar-refractivity contribution in [2.45, 2.75) is 26.1 Å². The van der Waals surface area contributed by atoms with Crippen molar-refractivity contribution in [3.8, 4) is 0 Å². The number of hydrogen-bond acceptors (Lipinski definition) is 2. The molecule has 0 bridgehead atoms. The van der Waals surface area contributed by atoms with Crippen LogP contribution in [0.5, 0.6) is 0 Å². The first-order valence-corrected chi connectivity index (χ1v) is 5.79. The average molecular weight is 269 g/mol. The van der Waals surface area contributed by atoms with Crippen molar-refractivity contribution in [3.05, 3.63) is 58.5 Å². The van der Waals surface area contributed by atoms with Crippen LogP contribution in [0.15, 0.2) is 34.7 Å². The predicted octanol–water partition coefficient (Wildman–Crippen LogP) is 3.96. The Labute approximate surface area is 109 Å². The van der Waals surface area contributed by atoms with Gasteiger partial charge in [0.05, 0.1) is 11.6 Å². The van der Waals surface area contributed by atoms with Gasteiger partial charge in [-0.05, 0) is 31.5 Å². The lowest BCUT2D eigenvalue weighted by molar-refractivity contribution is -0.138. The molecule has 1 heterocycles. The number of aryl methyl sites for hydroxylation is 2. The van der Waals surface area contributed by atoms with Crippen LogP contribution >= 0.6 is 0 Å². The second kappa shape index (κ2) is 4.74. The highest BCUT2D eigenvalue weighted by molar-refractivity contribution is 5.40. The lowest BCUT2D eigenvalue weighted by Crippen LogP contribution is -2.18. The van der Waals surface area contributed by atoms with Crippen LogP contribution in [0.25, 0.3) is 0 Å². The quantitative estimate of drug-likeness (QED) is 0.896. The summed E-state index contributed by atoms with van der Waals surface area (Å²) in [6, 6.07) is 6.16.